The summed E-state index contributed by atoms with van der Waals surface area (Å²) in [5, 5.41) is 0. The van der Waals surface area contributed by atoms with Crippen LogP contribution in [0.15, 0.2) is 58.3 Å². The lowest BCUT2D eigenvalue weighted by Crippen LogP contribution is -2.24. The summed E-state index contributed by atoms with van der Waals surface area (Å²) in [4.78, 5) is 8.81. The molecule has 0 radical (unpaired) electrons. The predicted molar refractivity (Wildman–Crippen MR) is 96.8 cm³/mol. The van der Waals surface area contributed by atoms with Crippen molar-refractivity contribution in [1.82, 2.24) is 14.7 Å². The number of rotatable bonds is 5. The molecule has 0 unspecified atom stereocenters. The maximum absolute atomic E-state index is 12.7. The fourth-order valence-electron chi connectivity index (χ4n) is 3.24. The van der Waals surface area contributed by atoms with Gasteiger partial charge in [-0.1, -0.05) is 6.07 Å². The molecule has 2 aromatic heterocycles. The summed E-state index contributed by atoms with van der Waals surface area (Å²) in [6.45, 7) is 0.0449. The molecule has 6 nitrogen and oxygen atoms in total. The Labute approximate surface area is 152 Å². The van der Waals surface area contributed by atoms with E-state index in [4.69, 9.17) is 4.42 Å². The van der Waals surface area contributed by atoms with E-state index in [0.29, 0.717) is 22.0 Å². The van der Waals surface area contributed by atoms with Crippen molar-refractivity contribution in [2.45, 2.75) is 37.1 Å². The lowest BCUT2D eigenvalue weighted by atomic mass is 9.92. The molecule has 0 atom stereocenters. The van der Waals surface area contributed by atoms with Crippen molar-refractivity contribution < 1.29 is 12.8 Å². The molecule has 1 aliphatic carbocycles. The van der Waals surface area contributed by atoms with Gasteiger partial charge in [-0.05, 0) is 61.1 Å². The van der Waals surface area contributed by atoms with E-state index in [0.717, 1.165) is 24.8 Å². The minimum absolute atomic E-state index is 0.0449. The normalized spacial score (nSPS) is 14.2. The molecule has 1 aromatic carbocycles. The summed E-state index contributed by atoms with van der Waals surface area (Å²) < 4.78 is 33.4. The Balaban J connectivity index is 1.56. The van der Waals surface area contributed by atoms with Crippen LogP contribution >= 0.6 is 0 Å². The van der Waals surface area contributed by atoms with E-state index < -0.39 is 10.0 Å². The van der Waals surface area contributed by atoms with Gasteiger partial charge in [0.25, 0.3) is 0 Å². The fourth-order valence-corrected chi connectivity index (χ4v) is 4.28. The van der Waals surface area contributed by atoms with E-state index in [1.54, 1.807) is 36.7 Å². The predicted octanol–water partition coefficient (Wildman–Crippen LogP) is 3.09. The Bertz CT molecular complexity index is 1010. The molecule has 2 heterocycles. The van der Waals surface area contributed by atoms with E-state index in [1.807, 2.05) is 6.07 Å². The average Bonchev–Trinajstić information content (AvgIpc) is 3.21. The van der Waals surface area contributed by atoms with Crippen LogP contribution in [-0.4, -0.2) is 18.4 Å². The maximum Gasteiger partial charge on any atom is 0.240 e. The van der Waals surface area contributed by atoms with E-state index in [9.17, 15) is 8.42 Å². The van der Waals surface area contributed by atoms with Crippen LogP contribution in [0.2, 0.25) is 0 Å². The molecule has 0 spiro atoms. The van der Waals surface area contributed by atoms with Gasteiger partial charge < -0.3 is 4.42 Å². The number of nitrogens with one attached hydrogen (secondary N) is 1. The monoisotopic (exact) mass is 369 g/mol. The first-order valence-electron chi connectivity index (χ1n) is 8.59. The molecular formula is C19H19N3O3S. The molecule has 134 valence electrons. The number of hydrogen-bond donors (Lipinski definition) is 1. The van der Waals surface area contributed by atoms with Crippen LogP contribution in [-0.2, 0) is 29.4 Å². The average molecular weight is 369 g/mol. The molecule has 4 rings (SSSR count). The van der Waals surface area contributed by atoms with Crippen molar-refractivity contribution in [2.75, 3.05) is 0 Å². The van der Waals surface area contributed by atoms with Crippen LogP contribution in [0.4, 0.5) is 0 Å². The highest BCUT2D eigenvalue weighted by molar-refractivity contribution is 7.89. The third-order valence-corrected chi connectivity index (χ3v) is 5.99. The summed E-state index contributed by atoms with van der Waals surface area (Å²) in [7, 11) is -3.63. The van der Waals surface area contributed by atoms with Gasteiger partial charge >= 0.3 is 0 Å². The van der Waals surface area contributed by atoms with Crippen molar-refractivity contribution in [3.63, 3.8) is 0 Å². The fraction of sp³-hybridized carbons (Fsp3) is 0.263. The van der Waals surface area contributed by atoms with Gasteiger partial charge in [-0.15, -0.1) is 0 Å². The van der Waals surface area contributed by atoms with E-state index in [2.05, 4.69) is 14.7 Å². The number of sulfonamides is 1. The minimum Gasteiger partial charge on any atom is -0.463 e. The number of fused-ring (bicyclic) bond motifs is 1. The van der Waals surface area contributed by atoms with Crippen LogP contribution < -0.4 is 4.72 Å². The second kappa shape index (κ2) is 7.01. The first-order valence-corrected chi connectivity index (χ1v) is 10.1. The Morgan fingerprint density at radius 1 is 1.04 bits per heavy atom. The van der Waals surface area contributed by atoms with Crippen molar-refractivity contribution in [3.8, 4) is 11.5 Å². The zero-order valence-electron chi connectivity index (χ0n) is 14.2. The maximum atomic E-state index is 12.7. The first-order chi connectivity index (χ1) is 12.6. The number of benzene rings is 1. The van der Waals surface area contributed by atoms with Gasteiger partial charge in [0.1, 0.15) is 5.69 Å². The second-order valence-corrected chi connectivity index (χ2v) is 8.06. The van der Waals surface area contributed by atoms with Gasteiger partial charge in [-0.3, -0.25) is 4.98 Å². The highest BCUT2D eigenvalue weighted by atomic mass is 32.2. The zero-order valence-corrected chi connectivity index (χ0v) is 15.0. The minimum atomic E-state index is -3.63. The van der Waals surface area contributed by atoms with Crippen LogP contribution in [0, 0.1) is 0 Å². The van der Waals surface area contributed by atoms with Gasteiger partial charge in [0.2, 0.25) is 10.0 Å². The standard InChI is InChI=1S/C19H19N3O3S/c23-26(24,16-8-7-14-4-1-2-5-15(14)12-16)22-13-17-19(21-10-9-20-17)18-6-3-11-25-18/h3,6-12,22H,1-2,4-5,13H2. The van der Waals surface area contributed by atoms with Crippen LogP contribution in [0.5, 0.6) is 0 Å². The summed E-state index contributed by atoms with van der Waals surface area (Å²) in [6, 6.07) is 8.92. The highest BCUT2D eigenvalue weighted by Gasteiger charge is 2.19. The van der Waals surface area contributed by atoms with Gasteiger partial charge in [0.05, 0.1) is 23.4 Å². The van der Waals surface area contributed by atoms with E-state index in [-0.39, 0.29) is 6.54 Å². The van der Waals surface area contributed by atoms with Gasteiger partial charge in [-0.2, -0.15) is 0 Å². The topological polar surface area (TPSA) is 85.1 Å². The second-order valence-electron chi connectivity index (χ2n) is 6.29. The van der Waals surface area contributed by atoms with Crippen molar-refractivity contribution in [1.29, 1.82) is 0 Å². The SMILES string of the molecule is O=S(=O)(NCc1nccnc1-c1ccco1)c1ccc2c(c1)CCCC2. The summed E-state index contributed by atoms with van der Waals surface area (Å²) in [5.41, 5.74) is 3.44. The smallest absolute Gasteiger partial charge is 0.240 e. The van der Waals surface area contributed by atoms with Crippen molar-refractivity contribution in [2.24, 2.45) is 0 Å². The molecular weight excluding hydrogens is 350 g/mol. The molecule has 3 aromatic rings. The third-order valence-electron chi connectivity index (χ3n) is 4.59. The zero-order chi connectivity index (χ0) is 18.0. The number of hydrogen-bond acceptors (Lipinski definition) is 5. The molecule has 0 fully saturated rings. The molecule has 0 saturated carbocycles. The van der Waals surface area contributed by atoms with Gasteiger partial charge in [0, 0.05) is 12.4 Å². The Morgan fingerprint density at radius 3 is 2.65 bits per heavy atom. The largest absolute Gasteiger partial charge is 0.463 e. The molecule has 0 amide bonds. The first kappa shape index (κ1) is 16.9. The van der Waals surface area contributed by atoms with Crippen LogP contribution in [0.3, 0.4) is 0 Å². The lowest BCUT2D eigenvalue weighted by molar-refractivity contribution is 0.573. The number of nitrogens with zero attached hydrogens (tertiary/aromatic N) is 2. The third kappa shape index (κ3) is 3.40. The summed E-state index contributed by atoms with van der Waals surface area (Å²) in [6.07, 6.45) is 8.87. The number of aryl methyl sites for hydroxylation is 2. The Morgan fingerprint density at radius 2 is 1.85 bits per heavy atom. The van der Waals surface area contributed by atoms with Crippen molar-refractivity contribution >= 4 is 10.0 Å². The molecule has 26 heavy (non-hydrogen) atoms. The molecule has 0 saturated heterocycles. The molecule has 7 heteroatoms. The highest BCUT2D eigenvalue weighted by Crippen LogP contribution is 2.24. The number of furan rings is 1. The quantitative estimate of drug-likeness (QED) is 0.747. The van der Waals surface area contributed by atoms with E-state index >= 15 is 0 Å². The van der Waals surface area contributed by atoms with E-state index in [1.165, 1.54) is 18.2 Å². The Kier molecular flexibility index (Phi) is 4.57. The summed E-state index contributed by atoms with van der Waals surface area (Å²) in [5.74, 6) is 0.557. The van der Waals surface area contributed by atoms with Crippen molar-refractivity contribution in [3.05, 3.63) is 65.8 Å². The molecule has 1 aliphatic rings. The lowest BCUT2D eigenvalue weighted by Gasteiger charge is -2.16. The number of aromatic nitrogens is 2. The molecule has 0 bridgehead atoms. The Hall–Kier alpha value is -2.51. The summed E-state index contributed by atoms with van der Waals surface area (Å²) >= 11 is 0. The molecule has 0 aliphatic heterocycles. The molecule has 1 N–H and O–H groups in total. The van der Waals surface area contributed by atoms with Gasteiger partial charge in [0.15, 0.2) is 5.76 Å². The van der Waals surface area contributed by atoms with Gasteiger partial charge in [-0.25, -0.2) is 18.1 Å². The van der Waals surface area contributed by atoms with Crippen LogP contribution in [0.1, 0.15) is 29.7 Å². The van der Waals surface area contributed by atoms with Crippen LogP contribution in [0.25, 0.3) is 11.5 Å².